The Bertz CT molecular complexity index is 601. The fourth-order valence-corrected chi connectivity index (χ4v) is 1.43. The second kappa shape index (κ2) is 3.20. The van der Waals surface area contributed by atoms with E-state index in [-0.39, 0.29) is 11.2 Å². The normalized spacial score (nSPS) is 10.5. The molecule has 0 aliphatic heterocycles. The van der Waals surface area contributed by atoms with Crippen molar-refractivity contribution in [2.24, 2.45) is 7.05 Å². The van der Waals surface area contributed by atoms with Gasteiger partial charge in [-0.2, -0.15) is 0 Å². The molecule has 2 rings (SSSR count). The van der Waals surface area contributed by atoms with Gasteiger partial charge in [0, 0.05) is 18.6 Å². The summed E-state index contributed by atoms with van der Waals surface area (Å²) in [6.45, 7) is 0. The van der Waals surface area contributed by atoms with Crippen molar-refractivity contribution in [2.75, 3.05) is 0 Å². The van der Waals surface area contributed by atoms with Gasteiger partial charge in [0.1, 0.15) is 11.2 Å². The molecule has 0 fully saturated rings. The number of aromatic carboxylic acids is 1. The lowest BCUT2D eigenvalue weighted by molar-refractivity contribution is 0.0685. The first kappa shape index (κ1) is 9.39. The summed E-state index contributed by atoms with van der Waals surface area (Å²) in [6, 6.07) is 4.76. The zero-order valence-corrected chi connectivity index (χ0v) is 7.97. The van der Waals surface area contributed by atoms with Crippen LogP contribution in [0.2, 0.25) is 0 Å². The third-order valence-electron chi connectivity index (χ3n) is 2.22. The van der Waals surface area contributed by atoms with Gasteiger partial charge < -0.3 is 9.67 Å². The van der Waals surface area contributed by atoms with Gasteiger partial charge in [-0.3, -0.25) is 9.78 Å². The van der Waals surface area contributed by atoms with Gasteiger partial charge >= 0.3 is 5.97 Å². The first-order chi connectivity index (χ1) is 7.11. The molecule has 0 aromatic carbocycles. The molecule has 5 nitrogen and oxygen atoms in total. The number of pyridine rings is 2. The van der Waals surface area contributed by atoms with E-state index in [0.29, 0.717) is 5.39 Å². The molecular formula is C10H8N2O3. The monoisotopic (exact) mass is 204 g/mol. The maximum Gasteiger partial charge on any atom is 0.352 e. The van der Waals surface area contributed by atoms with E-state index in [2.05, 4.69) is 4.98 Å². The summed E-state index contributed by atoms with van der Waals surface area (Å²) in [5.74, 6) is -1.12. The van der Waals surface area contributed by atoms with Gasteiger partial charge in [-0.05, 0) is 12.1 Å². The number of hydrogen-bond acceptors (Lipinski definition) is 3. The zero-order valence-electron chi connectivity index (χ0n) is 7.97. The number of carboxylic acid groups (broad SMARTS) is 1. The van der Waals surface area contributed by atoms with Crippen molar-refractivity contribution in [3.63, 3.8) is 0 Å². The Balaban J connectivity index is 2.95. The highest BCUT2D eigenvalue weighted by molar-refractivity contribution is 5.90. The summed E-state index contributed by atoms with van der Waals surface area (Å²) in [4.78, 5) is 26.4. The molecule has 0 aliphatic carbocycles. The predicted octanol–water partition coefficient (Wildman–Crippen LogP) is 0.632. The maximum atomic E-state index is 11.7. The van der Waals surface area contributed by atoms with E-state index in [0.717, 1.165) is 4.57 Å². The Morgan fingerprint density at radius 3 is 2.93 bits per heavy atom. The van der Waals surface area contributed by atoms with Gasteiger partial charge in [0.2, 0.25) is 0 Å². The van der Waals surface area contributed by atoms with Crippen molar-refractivity contribution >= 4 is 16.9 Å². The Morgan fingerprint density at radius 1 is 1.53 bits per heavy atom. The molecule has 2 heterocycles. The Labute approximate surface area is 84.6 Å². The van der Waals surface area contributed by atoms with Crippen LogP contribution in [0, 0.1) is 0 Å². The fourth-order valence-electron chi connectivity index (χ4n) is 1.43. The standard InChI is InChI=1S/C10H8N2O3/c1-12-7(10(14)15)5-6-3-2-4-11-8(6)9(12)13/h2-5H,1H3,(H,14,15). The summed E-state index contributed by atoms with van der Waals surface area (Å²) >= 11 is 0. The molecule has 2 aromatic heterocycles. The first-order valence-electron chi connectivity index (χ1n) is 4.29. The lowest BCUT2D eigenvalue weighted by Gasteiger charge is -2.04. The van der Waals surface area contributed by atoms with Crippen LogP contribution in [0.5, 0.6) is 0 Å². The fraction of sp³-hybridized carbons (Fsp3) is 0.100. The average Bonchev–Trinajstić information content (AvgIpc) is 2.23. The van der Waals surface area contributed by atoms with E-state index in [1.807, 2.05) is 0 Å². The van der Waals surface area contributed by atoms with Crippen molar-refractivity contribution in [3.8, 4) is 0 Å². The quantitative estimate of drug-likeness (QED) is 0.739. The maximum absolute atomic E-state index is 11.7. The molecule has 5 heteroatoms. The molecule has 0 saturated heterocycles. The van der Waals surface area contributed by atoms with Crippen LogP contribution in [0.1, 0.15) is 10.5 Å². The second-order valence-corrected chi connectivity index (χ2v) is 3.14. The Hall–Kier alpha value is -2.17. The van der Waals surface area contributed by atoms with Crippen LogP contribution in [0.3, 0.4) is 0 Å². The first-order valence-corrected chi connectivity index (χ1v) is 4.29. The number of rotatable bonds is 1. The van der Waals surface area contributed by atoms with Gasteiger partial charge in [-0.25, -0.2) is 4.79 Å². The van der Waals surface area contributed by atoms with E-state index in [4.69, 9.17) is 5.11 Å². The minimum Gasteiger partial charge on any atom is -0.477 e. The Kier molecular flexibility index (Phi) is 2.00. The smallest absolute Gasteiger partial charge is 0.352 e. The number of hydrogen-bond donors (Lipinski definition) is 1. The summed E-state index contributed by atoms with van der Waals surface area (Å²) in [7, 11) is 1.42. The van der Waals surface area contributed by atoms with Crippen molar-refractivity contribution in [1.29, 1.82) is 0 Å². The van der Waals surface area contributed by atoms with Crippen LogP contribution in [0.15, 0.2) is 29.2 Å². The highest BCUT2D eigenvalue weighted by Gasteiger charge is 2.11. The molecular weight excluding hydrogens is 196 g/mol. The molecule has 2 aromatic rings. The largest absolute Gasteiger partial charge is 0.477 e. The molecule has 0 atom stereocenters. The number of carboxylic acids is 1. The highest BCUT2D eigenvalue weighted by atomic mass is 16.4. The summed E-state index contributed by atoms with van der Waals surface area (Å²) in [5, 5.41) is 9.41. The average molecular weight is 204 g/mol. The van der Waals surface area contributed by atoms with Crippen LogP contribution in [-0.2, 0) is 7.05 Å². The SMILES string of the molecule is Cn1c(C(=O)O)cc2cccnc2c1=O. The van der Waals surface area contributed by atoms with Crippen LogP contribution in [0.25, 0.3) is 10.9 Å². The van der Waals surface area contributed by atoms with E-state index in [1.54, 1.807) is 12.1 Å². The lowest BCUT2D eigenvalue weighted by atomic mass is 10.2. The van der Waals surface area contributed by atoms with E-state index in [1.165, 1.54) is 19.3 Å². The molecule has 0 spiro atoms. The van der Waals surface area contributed by atoms with Gasteiger partial charge in [0.25, 0.3) is 5.56 Å². The van der Waals surface area contributed by atoms with Crippen LogP contribution in [-0.4, -0.2) is 20.6 Å². The molecule has 0 radical (unpaired) electrons. The van der Waals surface area contributed by atoms with Gasteiger partial charge in [0.15, 0.2) is 0 Å². The van der Waals surface area contributed by atoms with Crippen molar-refractivity contribution < 1.29 is 9.90 Å². The number of fused-ring (bicyclic) bond motifs is 1. The minimum atomic E-state index is -1.12. The zero-order chi connectivity index (χ0) is 11.0. The molecule has 1 N–H and O–H groups in total. The van der Waals surface area contributed by atoms with Crippen LogP contribution in [0.4, 0.5) is 0 Å². The topological polar surface area (TPSA) is 72.2 Å². The predicted molar refractivity (Wildman–Crippen MR) is 53.9 cm³/mol. The molecule has 0 aliphatic rings. The van der Waals surface area contributed by atoms with Crippen molar-refractivity contribution in [3.05, 3.63) is 40.4 Å². The highest BCUT2D eigenvalue weighted by Crippen LogP contribution is 2.08. The summed E-state index contributed by atoms with van der Waals surface area (Å²) < 4.78 is 1.08. The lowest BCUT2D eigenvalue weighted by Crippen LogP contribution is -2.23. The molecule has 0 bridgehead atoms. The minimum absolute atomic E-state index is 0.0412. The van der Waals surface area contributed by atoms with Crippen molar-refractivity contribution in [1.82, 2.24) is 9.55 Å². The molecule has 0 amide bonds. The molecule has 15 heavy (non-hydrogen) atoms. The van der Waals surface area contributed by atoms with Crippen LogP contribution < -0.4 is 5.56 Å². The number of carbonyl (C=O) groups is 1. The summed E-state index contributed by atoms with van der Waals surface area (Å²) in [6.07, 6.45) is 1.50. The van der Waals surface area contributed by atoms with Crippen LogP contribution >= 0.6 is 0 Å². The molecule has 76 valence electrons. The molecule has 0 saturated carbocycles. The van der Waals surface area contributed by atoms with E-state index in [9.17, 15) is 9.59 Å². The third-order valence-corrected chi connectivity index (χ3v) is 2.22. The van der Waals surface area contributed by atoms with Gasteiger partial charge in [-0.15, -0.1) is 0 Å². The van der Waals surface area contributed by atoms with Gasteiger partial charge in [0.05, 0.1) is 0 Å². The second-order valence-electron chi connectivity index (χ2n) is 3.14. The number of nitrogens with zero attached hydrogens (tertiary/aromatic N) is 2. The van der Waals surface area contributed by atoms with E-state index < -0.39 is 11.5 Å². The van der Waals surface area contributed by atoms with Gasteiger partial charge in [-0.1, -0.05) is 6.07 Å². The molecule has 0 unspecified atom stereocenters. The summed E-state index contributed by atoms with van der Waals surface area (Å²) in [5.41, 5.74) is -0.156. The van der Waals surface area contributed by atoms with E-state index >= 15 is 0 Å². The van der Waals surface area contributed by atoms with Crippen molar-refractivity contribution in [2.45, 2.75) is 0 Å². The third kappa shape index (κ3) is 1.38. The number of aromatic nitrogens is 2. The Morgan fingerprint density at radius 2 is 2.27 bits per heavy atom.